The first kappa shape index (κ1) is 19.1. The monoisotopic (exact) mass is 446 g/mol. The van der Waals surface area contributed by atoms with Crippen LogP contribution in [0, 0.1) is 11.8 Å². The highest BCUT2D eigenvalue weighted by Gasteiger charge is 2.32. The number of nitrogens with zero attached hydrogens (tertiary/aromatic N) is 3. The second-order valence-corrected chi connectivity index (χ2v) is 6.42. The molecule has 2 heterocycles. The number of carbonyl (C=O) groups is 1. The number of amides is 1. The Morgan fingerprint density at radius 2 is 2.00 bits per heavy atom. The maximum absolute atomic E-state index is 12.3. The lowest BCUT2D eigenvalue weighted by molar-refractivity contribution is 0.0657. The minimum atomic E-state index is -0.0246. The van der Waals surface area contributed by atoms with Gasteiger partial charge in [0.05, 0.1) is 6.26 Å². The van der Waals surface area contributed by atoms with E-state index in [2.05, 4.69) is 24.1 Å². The summed E-state index contributed by atoms with van der Waals surface area (Å²) >= 11 is 0. The molecule has 2 atom stereocenters. The van der Waals surface area contributed by atoms with E-state index in [1.165, 1.54) is 12.7 Å². The zero-order valence-corrected chi connectivity index (χ0v) is 16.7. The number of furan rings is 1. The van der Waals surface area contributed by atoms with Crippen LogP contribution < -0.4 is 5.32 Å². The van der Waals surface area contributed by atoms with Gasteiger partial charge in [-0.15, -0.1) is 24.0 Å². The third kappa shape index (κ3) is 4.64. The van der Waals surface area contributed by atoms with Crippen LogP contribution in [-0.2, 0) is 0 Å². The topological polar surface area (TPSA) is 61.1 Å². The molecule has 0 bridgehead atoms. The highest BCUT2D eigenvalue weighted by molar-refractivity contribution is 14.0. The molecule has 1 saturated carbocycles. The van der Waals surface area contributed by atoms with Crippen LogP contribution in [0.3, 0.4) is 0 Å². The number of hydrogen-bond acceptors (Lipinski definition) is 3. The summed E-state index contributed by atoms with van der Waals surface area (Å²) in [7, 11) is 0. The van der Waals surface area contributed by atoms with Gasteiger partial charge in [0, 0.05) is 39.3 Å². The van der Waals surface area contributed by atoms with E-state index in [9.17, 15) is 4.79 Å². The predicted octanol–water partition coefficient (Wildman–Crippen LogP) is 2.28. The quantitative estimate of drug-likeness (QED) is 0.438. The second kappa shape index (κ2) is 8.73. The summed E-state index contributed by atoms with van der Waals surface area (Å²) in [6.07, 6.45) is 2.84. The van der Waals surface area contributed by atoms with Crippen LogP contribution in [0.25, 0.3) is 0 Å². The third-order valence-corrected chi connectivity index (χ3v) is 4.68. The molecule has 24 heavy (non-hydrogen) atoms. The molecule has 2 unspecified atom stereocenters. The molecule has 1 aromatic heterocycles. The Morgan fingerprint density at radius 3 is 2.54 bits per heavy atom. The van der Waals surface area contributed by atoms with Crippen molar-refractivity contribution in [2.24, 2.45) is 16.8 Å². The molecule has 0 spiro atoms. The normalized spacial score (nSPS) is 23.7. The first-order valence-electron chi connectivity index (χ1n) is 8.55. The van der Waals surface area contributed by atoms with Crippen molar-refractivity contribution in [2.75, 3.05) is 39.3 Å². The van der Waals surface area contributed by atoms with E-state index in [0.29, 0.717) is 18.8 Å². The highest BCUT2D eigenvalue weighted by atomic mass is 127. The Morgan fingerprint density at radius 1 is 1.33 bits per heavy atom. The predicted molar refractivity (Wildman–Crippen MR) is 105 cm³/mol. The molecule has 134 valence electrons. The van der Waals surface area contributed by atoms with Crippen molar-refractivity contribution < 1.29 is 9.21 Å². The van der Waals surface area contributed by atoms with Gasteiger partial charge in [-0.1, -0.05) is 6.92 Å². The van der Waals surface area contributed by atoms with Gasteiger partial charge < -0.3 is 19.5 Å². The number of aliphatic imine (C=N–C) groups is 1. The van der Waals surface area contributed by atoms with E-state index in [1.54, 1.807) is 12.1 Å². The molecule has 2 aliphatic rings. The van der Waals surface area contributed by atoms with Crippen LogP contribution >= 0.6 is 24.0 Å². The fraction of sp³-hybridized carbons (Fsp3) is 0.647. The fourth-order valence-electron chi connectivity index (χ4n) is 2.96. The van der Waals surface area contributed by atoms with Crippen molar-refractivity contribution in [1.82, 2.24) is 15.1 Å². The average molecular weight is 446 g/mol. The maximum atomic E-state index is 12.3. The van der Waals surface area contributed by atoms with Gasteiger partial charge in [0.15, 0.2) is 11.7 Å². The van der Waals surface area contributed by atoms with Gasteiger partial charge in [-0.05, 0) is 37.3 Å². The van der Waals surface area contributed by atoms with E-state index in [1.807, 2.05) is 4.90 Å². The number of halogens is 1. The Balaban J connectivity index is 0.00000208. The summed E-state index contributed by atoms with van der Waals surface area (Å²) in [5.74, 6) is 2.96. The number of guanidine groups is 1. The lowest BCUT2D eigenvalue weighted by Crippen LogP contribution is -2.53. The Bertz CT molecular complexity index is 553. The lowest BCUT2D eigenvalue weighted by atomic mass is 10.3. The summed E-state index contributed by atoms with van der Waals surface area (Å²) in [6, 6.07) is 3.47. The summed E-state index contributed by atoms with van der Waals surface area (Å²) < 4.78 is 5.20. The molecular weight excluding hydrogens is 419 g/mol. The number of carbonyl (C=O) groups excluding carboxylic acids is 1. The third-order valence-electron chi connectivity index (χ3n) is 4.68. The Labute approximate surface area is 160 Å². The summed E-state index contributed by atoms with van der Waals surface area (Å²) in [4.78, 5) is 21.2. The Hall–Kier alpha value is -1.25. The van der Waals surface area contributed by atoms with E-state index < -0.39 is 0 Å². The highest BCUT2D eigenvalue weighted by Crippen LogP contribution is 2.37. The number of nitrogens with one attached hydrogen (secondary N) is 1. The van der Waals surface area contributed by atoms with Crippen LogP contribution in [0.1, 0.15) is 30.8 Å². The zero-order chi connectivity index (χ0) is 16.2. The SMILES string of the molecule is CCNC(=NCC1CC1C)N1CCN(C(=O)c2ccco2)CC1.I. The maximum Gasteiger partial charge on any atom is 0.289 e. The number of rotatable bonds is 4. The molecule has 1 saturated heterocycles. The largest absolute Gasteiger partial charge is 0.459 e. The summed E-state index contributed by atoms with van der Waals surface area (Å²) in [6.45, 7) is 9.16. The smallest absolute Gasteiger partial charge is 0.289 e. The molecule has 6 nitrogen and oxygen atoms in total. The zero-order valence-electron chi connectivity index (χ0n) is 14.4. The van der Waals surface area contributed by atoms with Crippen LogP contribution in [-0.4, -0.2) is 60.9 Å². The second-order valence-electron chi connectivity index (χ2n) is 6.42. The molecule has 1 amide bonds. The van der Waals surface area contributed by atoms with Crippen molar-refractivity contribution in [1.29, 1.82) is 0 Å². The first-order chi connectivity index (χ1) is 11.2. The molecule has 3 rings (SSSR count). The van der Waals surface area contributed by atoms with Crippen LogP contribution in [0.4, 0.5) is 0 Å². The van der Waals surface area contributed by atoms with E-state index in [0.717, 1.165) is 44.0 Å². The van der Waals surface area contributed by atoms with Gasteiger partial charge in [-0.2, -0.15) is 0 Å². The van der Waals surface area contributed by atoms with Gasteiger partial charge in [-0.25, -0.2) is 0 Å². The van der Waals surface area contributed by atoms with Crippen LogP contribution in [0.2, 0.25) is 0 Å². The van der Waals surface area contributed by atoms with Gasteiger partial charge in [-0.3, -0.25) is 9.79 Å². The number of piperazine rings is 1. The minimum Gasteiger partial charge on any atom is -0.459 e. The standard InChI is InChI=1S/C17H26N4O2.HI/c1-3-18-17(19-12-14-11-13(14)2)21-8-6-20(7-9-21)16(22)15-5-4-10-23-15;/h4-5,10,13-14H,3,6-9,11-12H2,1-2H3,(H,18,19);1H. The summed E-state index contributed by atoms with van der Waals surface area (Å²) in [5.41, 5.74) is 0. The van der Waals surface area contributed by atoms with Crippen molar-refractivity contribution >= 4 is 35.8 Å². The van der Waals surface area contributed by atoms with E-state index >= 15 is 0 Å². The van der Waals surface area contributed by atoms with Gasteiger partial charge >= 0.3 is 0 Å². The van der Waals surface area contributed by atoms with Crippen molar-refractivity contribution in [3.05, 3.63) is 24.2 Å². The van der Waals surface area contributed by atoms with Crippen molar-refractivity contribution in [2.45, 2.75) is 20.3 Å². The molecule has 7 heteroatoms. The summed E-state index contributed by atoms with van der Waals surface area (Å²) in [5, 5.41) is 3.38. The van der Waals surface area contributed by atoms with Gasteiger partial charge in [0.2, 0.25) is 0 Å². The molecule has 0 aromatic carbocycles. The first-order valence-corrected chi connectivity index (χ1v) is 8.55. The van der Waals surface area contributed by atoms with Crippen molar-refractivity contribution in [3.8, 4) is 0 Å². The molecule has 1 aliphatic heterocycles. The van der Waals surface area contributed by atoms with E-state index in [-0.39, 0.29) is 29.9 Å². The molecule has 1 N–H and O–H groups in total. The van der Waals surface area contributed by atoms with Gasteiger partial charge in [0.25, 0.3) is 5.91 Å². The Kier molecular flexibility index (Phi) is 6.94. The van der Waals surface area contributed by atoms with Crippen molar-refractivity contribution in [3.63, 3.8) is 0 Å². The lowest BCUT2D eigenvalue weighted by Gasteiger charge is -2.36. The minimum absolute atomic E-state index is 0. The average Bonchev–Trinajstić information content (AvgIpc) is 3.04. The van der Waals surface area contributed by atoms with Crippen LogP contribution in [0.15, 0.2) is 27.8 Å². The molecular formula is C17H27IN4O2. The molecule has 1 aromatic rings. The number of hydrogen-bond donors (Lipinski definition) is 1. The molecule has 0 radical (unpaired) electrons. The van der Waals surface area contributed by atoms with E-state index in [4.69, 9.17) is 9.41 Å². The van der Waals surface area contributed by atoms with Gasteiger partial charge in [0.1, 0.15) is 0 Å². The fourth-order valence-corrected chi connectivity index (χ4v) is 2.96. The molecule has 2 fully saturated rings. The van der Waals surface area contributed by atoms with Crippen LogP contribution in [0.5, 0.6) is 0 Å². The molecule has 1 aliphatic carbocycles.